The summed E-state index contributed by atoms with van der Waals surface area (Å²) in [5.41, 5.74) is 1.89. The predicted molar refractivity (Wildman–Crippen MR) is 164 cm³/mol. The number of ether oxygens (including phenoxy) is 1. The molecule has 0 aromatic heterocycles. The highest BCUT2D eigenvalue weighted by molar-refractivity contribution is 6.00. The van der Waals surface area contributed by atoms with Crippen LogP contribution < -0.4 is 15.4 Å². The van der Waals surface area contributed by atoms with Gasteiger partial charge in [0.15, 0.2) is 0 Å². The third kappa shape index (κ3) is 6.78. The minimum absolute atomic E-state index is 0.0308. The molecular formula is C34H44N4O5. The molecule has 0 unspecified atom stereocenters. The van der Waals surface area contributed by atoms with Crippen molar-refractivity contribution in [2.24, 2.45) is 5.92 Å². The molecule has 2 atom stereocenters. The molecule has 0 saturated carbocycles. The van der Waals surface area contributed by atoms with Crippen molar-refractivity contribution in [2.45, 2.75) is 76.3 Å². The molecular weight excluding hydrogens is 544 g/mol. The van der Waals surface area contributed by atoms with E-state index >= 15 is 0 Å². The van der Waals surface area contributed by atoms with E-state index in [1.807, 2.05) is 36.4 Å². The maximum Gasteiger partial charge on any atom is 0.251 e. The lowest BCUT2D eigenvalue weighted by molar-refractivity contribution is -0.165. The SMILES string of the molecule is CCCCN1C(=O)[C@@H]([C@H](O)C2CC=CC2)NC(=O)C12CCN(Cc1ccc(OCc3ccc(C(=O)NC)cc3)cc1)CC2. The summed E-state index contributed by atoms with van der Waals surface area (Å²) >= 11 is 0. The predicted octanol–water partition coefficient (Wildman–Crippen LogP) is 3.41. The fourth-order valence-corrected chi connectivity index (χ4v) is 6.49. The summed E-state index contributed by atoms with van der Waals surface area (Å²) in [6.07, 6.45) is 7.55. The van der Waals surface area contributed by atoms with Crippen LogP contribution in [0.25, 0.3) is 0 Å². The minimum Gasteiger partial charge on any atom is -0.489 e. The number of amides is 3. The molecule has 1 aliphatic carbocycles. The van der Waals surface area contributed by atoms with Gasteiger partial charge in [-0.3, -0.25) is 19.3 Å². The van der Waals surface area contributed by atoms with Crippen LogP contribution in [0.1, 0.15) is 66.9 Å². The van der Waals surface area contributed by atoms with Crippen molar-refractivity contribution in [1.29, 1.82) is 0 Å². The summed E-state index contributed by atoms with van der Waals surface area (Å²) in [4.78, 5) is 43.3. The van der Waals surface area contributed by atoms with E-state index in [0.29, 0.717) is 44.6 Å². The second kappa shape index (κ2) is 13.7. The van der Waals surface area contributed by atoms with E-state index in [0.717, 1.165) is 49.1 Å². The van der Waals surface area contributed by atoms with Gasteiger partial charge in [0.25, 0.3) is 5.91 Å². The summed E-state index contributed by atoms with van der Waals surface area (Å²) < 4.78 is 5.95. The van der Waals surface area contributed by atoms with Crippen LogP contribution in [0.2, 0.25) is 0 Å². The quantitative estimate of drug-likeness (QED) is 0.347. The van der Waals surface area contributed by atoms with Crippen LogP contribution in [0.3, 0.4) is 0 Å². The van der Waals surface area contributed by atoms with Gasteiger partial charge < -0.3 is 25.4 Å². The van der Waals surface area contributed by atoms with Gasteiger partial charge in [-0.15, -0.1) is 0 Å². The number of benzene rings is 2. The standard InChI is InChI=1S/C34H44N4O5/c1-3-4-19-38-32(41)29(30(39)26-7-5-6-8-26)36-33(42)34(38)17-20-37(21-18-34)22-24-11-15-28(16-12-24)43-23-25-9-13-27(14-10-25)31(40)35-2/h5-6,9-16,26,29-30,39H,3-4,7-8,17-23H2,1-2H3,(H,35,40)(H,36,42)/t29-,30-/m1/s1. The molecule has 43 heavy (non-hydrogen) atoms. The molecule has 2 aromatic carbocycles. The number of carbonyl (C=O) groups excluding carboxylic acids is 3. The summed E-state index contributed by atoms with van der Waals surface area (Å²) in [5, 5.41) is 16.6. The Balaban J connectivity index is 1.16. The molecule has 1 spiro atoms. The number of nitrogens with zero attached hydrogens (tertiary/aromatic N) is 2. The first-order chi connectivity index (χ1) is 20.8. The van der Waals surface area contributed by atoms with E-state index in [9.17, 15) is 19.5 Å². The van der Waals surface area contributed by atoms with Crippen LogP contribution in [-0.2, 0) is 22.7 Å². The second-order valence-electron chi connectivity index (χ2n) is 12.0. The highest BCUT2D eigenvalue weighted by Gasteiger charge is 2.55. The number of aliphatic hydroxyl groups excluding tert-OH is 1. The zero-order valence-electron chi connectivity index (χ0n) is 25.3. The number of likely N-dealkylation sites (tertiary alicyclic amines) is 1. The molecule has 5 rings (SSSR count). The number of piperidine rings is 1. The van der Waals surface area contributed by atoms with Crippen LogP contribution in [0.5, 0.6) is 5.75 Å². The second-order valence-corrected chi connectivity index (χ2v) is 12.0. The number of hydrogen-bond acceptors (Lipinski definition) is 6. The molecule has 0 bridgehead atoms. The number of hydrogen-bond donors (Lipinski definition) is 3. The van der Waals surface area contributed by atoms with Crippen LogP contribution >= 0.6 is 0 Å². The molecule has 2 saturated heterocycles. The average Bonchev–Trinajstić information content (AvgIpc) is 3.58. The molecule has 230 valence electrons. The molecule has 3 N–H and O–H groups in total. The Morgan fingerprint density at radius 1 is 1.05 bits per heavy atom. The minimum atomic E-state index is -0.880. The van der Waals surface area contributed by atoms with Crippen molar-refractivity contribution in [3.05, 3.63) is 77.4 Å². The van der Waals surface area contributed by atoms with Gasteiger partial charge >= 0.3 is 0 Å². The van der Waals surface area contributed by atoms with Gasteiger partial charge in [0.1, 0.15) is 23.9 Å². The Hall–Kier alpha value is -3.69. The van der Waals surface area contributed by atoms with E-state index < -0.39 is 17.7 Å². The first kappa shape index (κ1) is 30.8. The van der Waals surface area contributed by atoms with E-state index in [2.05, 4.69) is 34.6 Å². The summed E-state index contributed by atoms with van der Waals surface area (Å²) in [7, 11) is 1.61. The molecule has 3 aliphatic rings. The highest BCUT2D eigenvalue weighted by Crippen LogP contribution is 2.36. The van der Waals surface area contributed by atoms with E-state index in [-0.39, 0.29) is 23.6 Å². The smallest absolute Gasteiger partial charge is 0.251 e. The highest BCUT2D eigenvalue weighted by atomic mass is 16.5. The Kier molecular flexibility index (Phi) is 9.82. The number of nitrogens with one attached hydrogen (secondary N) is 2. The van der Waals surface area contributed by atoms with E-state index in [4.69, 9.17) is 4.74 Å². The van der Waals surface area contributed by atoms with Gasteiger partial charge in [-0.2, -0.15) is 0 Å². The summed E-state index contributed by atoms with van der Waals surface area (Å²) in [6.45, 7) is 5.18. The Morgan fingerprint density at radius 3 is 2.33 bits per heavy atom. The van der Waals surface area contributed by atoms with Gasteiger partial charge in [0.05, 0.1) is 6.10 Å². The zero-order valence-corrected chi connectivity index (χ0v) is 25.3. The zero-order chi connectivity index (χ0) is 30.4. The van der Waals surface area contributed by atoms with Crippen LogP contribution in [0.4, 0.5) is 0 Å². The maximum absolute atomic E-state index is 13.7. The van der Waals surface area contributed by atoms with Crippen molar-refractivity contribution in [1.82, 2.24) is 20.4 Å². The summed E-state index contributed by atoms with van der Waals surface area (Å²) in [6, 6.07) is 14.5. The molecule has 9 heteroatoms. The number of rotatable bonds is 11. The fourth-order valence-electron chi connectivity index (χ4n) is 6.49. The average molecular weight is 589 g/mol. The first-order valence-corrected chi connectivity index (χ1v) is 15.5. The maximum atomic E-state index is 13.7. The first-order valence-electron chi connectivity index (χ1n) is 15.5. The Bertz CT molecular complexity index is 1290. The lowest BCUT2D eigenvalue weighted by atomic mass is 9.79. The molecule has 2 fully saturated rings. The number of piperazine rings is 1. The van der Waals surface area contributed by atoms with Gasteiger partial charge in [0.2, 0.25) is 11.8 Å². The topological polar surface area (TPSA) is 111 Å². The molecule has 9 nitrogen and oxygen atoms in total. The van der Waals surface area contributed by atoms with Crippen molar-refractivity contribution >= 4 is 17.7 Å². The number of carbonyl (C=O) groups is 3. The molecule has 2 heterocycles. The number of allylic oxidation sites excluding steroid dienone is 2. The molecule has 2 aliphatic heterocycles. The van der Waals surface area contributed by atoms with Crippen molar-refractivity contribution in [3.63, 3.8) is 0 Å². The van der Waals surface area contributed by atoms with Crippen LogP contribution in [0.15, 0.2) is 60.7 Å². The molecule has 2 aromatic rings. The lowest BCUT2D eigenvalue weighted by Crippen LogP contribution is -2.75. The molecule has 0 radical (unpaired) electrons. The normalized spacial score (nSPS) is 21.2. The van der Waals surface area contributed by atoms with Crippen molar-refractivity contribution in [2.75, 3.05) is 26.7 Å². The third-order valence-corrected chi connectivity index (χ3v) is 9.22. The number of aliphatic hydroxyl groups is 1. The van der Waals surface area contributed by atoms with E-state index in [1.165, 1.54) is 0 Å². The largest absolute Gasteiger partial charge is 0.489 e. The number of unbranched alkanes of at least 4 members (excludes halogenated alkanes) is 1. The monoisotopic (exact) mass is 588 g/mol. The van der Waals surface area contributed by atoms with Crippen LogP contribution in [-0.4, -0.2) is 77.0 Å². The Morgan fingerprint density at radius 2 is 1.70 bits per heavy atom. The Labute approximate surface area is 254 Å². The van der Waals surface area contributed by atoms with Crippen molar-refractivity contribution in [3.8, 4) is 5.75 Å². The van der Waals surface area contributed by atoms with Crippen LogP contribution in [0, 0.1) is 5.92 Å². The molecule has 3 amide bonds. The van der Waals surface area contributed by atoms with Gasteiger partial charge in [-0.05, 0) is 73.4 Å². The van der Waals surface area contributed by atoms with Gasteiger partial charge in [-0.1, -0.05) is 49.8 Å². The third-order valence-electron chi connectivity index (χ3n) is 9.22. The van der Waals surface area contributed by atoms with Gasteiger partial charge in [-0.25, -0.2) is 0 Å². The fraction of sp³-hybridized carbons (Fsp3) is 0.500. The lowest BCUT2D eigenvalue weighted by Gasteiger charge is -2.52. The van der Waals surface area contributed by atoms with Crippen molar-refractivity contribution < 1.29 is 24.2 Å². The summed E-state index contributed by atoms with van der Waals surface area (Å²) in [5.74, 6) is 0.362. The van der Waals surface area contributed by atoms with E-state index in [1.54, 1.807) is 24.1 Å². The van der Waals surface area contributed by atoms with Gasteiger partial charge in [0, 0.05) is 38.8 Å².